The highest BCUT2D eigenvalue weighted by molar-refractivity contribution is 5.89. The molecule has 0 aliphatic carbocycles. The third kappa shape index (κ3) is 2.91. The van der Waals surface area contributed by atoms with Crippen LogP contribution in [0.15, 0.2) is 18.2 Å². The molecule has 1 aromatic carbocycles. The van der Waals surface area contributed by atoms with Crippen LogP contribution in [0.5, 0.6) is 5.75 Å². The van der Waals surface area contributed by atoms with Crippen molar-refractivity contribution in [3.8, 4) is 5.75 Å². The molecule has 0 fully saturated rings. The quantitative estimate of drug-likeness (QED) is 0.368. The summed E-state index contributed by atoms with van der Waals surface area (Å²) in [5, 5.41) is 19.2. The fourth-order valence-corrected chi connectivity index (χ4v) is 1.37. The topological polar surface area (TPSA) is 107 Å². The van der Waals surface area contributed by atoms with Crippen LogP contribution >= 0.6 is 0 Å². The van der Waals surface area contributed by atoms with E-state index in [1.807, 2.05) is 0 Å². The number of nitro groups is 1. The van der Waals surface area contributed by atoms with E-state index in [2.05, 4.69) is 0 Å². The third-order valence-corrected chi connectivity index (χ3v) is 2.08. The molecule has 7 heteroatoms. The van der Waals surface area contributed by atoms with Crippen LogP contribution in [-0.4, -0.2) is 29.4 Å². The molecule has 0 unspecified atom stereocenters. The summed E-state index contributed by atoms with van der Waals surface area (Å²) in [4.78, 5) is 31.2. The van der Waals surface area contributed by atoms with E-state index in [0.717, 1.165) is 24.3 Å². The molecule has 18 heavy (non-hydrogen) atoms. The minimum Gasteiger partial charge on any atom is -0.495 e. The minimum absolute atomic E-state index is 0.0169. The number of nitrogens with zero attached hydrogens (tertiary/aromatic N) is 1. The molecule has 0 radical (unpaired) electrons. The van der Waals surface area contributed by atoms with Crippen LogP contribution in [0.2, 0.25) is 0 Å². The van der Waals surface area contributed by atoms with E-state index >= 15 is 0 Å². The van der Waals surface area contributed by atoms with Crippen LogP contribution in [0.25, 0.3) is 6.08 Å². The number of rotatable bonds is 5. The first-order valence-corrected chi connectivity index (χ1v) is 4.72. The zero-order chi connectivity index (χ0) is 13.7. The number of carbonyl (C=O) groups is 2. The smallest absolute Gasteiger partial charge is 0.328 e. The molecule has 1 N–H and O–H groups in total. The number of benzene rings is 1. The molecule has 1 aromatic rings. The van der Waals surface area contributed by atoms with Crippen LogP contribution in [0.3, 0.4) is 0 Å². The second-order valence-electron chi connectivity index (χ2n) is 3.20. The van der Waals surface area contributed by atoms with Gasteiger partial charge in [0.25, 0.3) is 5.69 Å². The predicted molar refractivity (Wildman–Crippen MR) is 61.7 cm³/mol. The maximum Gasteiger partial charge on any atom is 0.328 e. The number of carbonyl (C=O) groups excluding carboxylic acids is 1. The van der Waals surface area contributed by atoms with Gasteiger partial charge in [0.2, 0.25) is 0 Å². The molecule has 0 spiro atoms. The summed E-state index contributed by atoms with van der Waals surface area (Å²) in [6.07, 6.45) is 2.33. The van der Waals surface area contributed by atoms with Gasteiger partial charge in [-0.3, -0.25) is 14.9 Å². The summed E-state index contributed by atoms with van der Waals surface area (Å²) >= 11 is 0. The zero-order valence-corrected chi connectivity index (χ0v) is 9.32. The number of carboxylic acids is 1. The van der Waals surface area contributed by atoms with Gasteiger partial charge in [-0.2, -0.15) is 0 Å². The van der Waals surface area contributed by atoms with Crippen LogP contribution in [-0.2, 0) is 4.79 Å². The summed E-state index contributed by atoms with van der Waals surface area (Å²) in [5.74, 6) is -1.12. The lowest BCUT2D eigenvalue weighted by Crippen LogP contribution is -1.98. The Morgan fingerprint density at radius 3 is 2.50 bits per heavy atom. The number of aliphatic carboxylic acids is 1. The average Bonchev–Trinajstić information content (AvgIpc) is 2.34. The number of aldehydes is 1. The number of non-ortho nitro benzene ring substituents is 1. The third-order valence-electron chi connectivity index (χ3n) is 2.08. The van der Waals surface area contributed by atoms with Crippen molar-refractivity contribution < 1.29 is 24.4 Å². The van der Waals surface area contributed by atoms with Gasteiger partial charge in [0.1, 0.15) is 5.75 Å². The standard InChI is InChI=1S/C11H9NO6/c1-18-11-7(2-3-10(14)15)4-9(12(16)17)5-8(11)6-13/h2-6H,1H3,(H,14,15)/b3-2+. The summed E-state index contributed by atoms with van der Waals surface area (Å²) in [6.45, 7) is 0. The summed E-state index contributed by atoms with van der Waals surface area (Å²) in [5.41, 5.74) is -0.184. The van der Waals surface area contributed by atoms with Crippen molar-refractivity contribution in [2.45, 2.75) is 0 Å². The first-order chi connectivity index (χ1) is 8.49. The molecule has 7 nitrogen and oxygen atoms in total. The van der Waals surface area contributed by atoms with E-state index in [1.54, 1.807) is 0 Å². The molecule has 0 saturated heterocycles. The summed E-state index contributed by atoms with van der Waals surface area (Å²) < 4.78 is 4.94. The Labute approximate surface area is 101 Å². The van der Waals surface area contributed by atoms with E-state index in [0.29, 0.717) is 6.29 Å². The molecule has 0 atom stereocenters. The number of hydrogen-bond acceptors (Lipinski definition) is 5. The molecule has 0 aliphatic rings. The van der Waals surface area contributed by atoms with Crippen LogP contribution in [0.4, 0.5) is 5.69 Å². The molecule has 0 saturated carbocycles. The lowest BCUT2D eigenvalue weighted by atomic mass is 10.1. The van der Waals surface area contributed by atoms with Gasteiger partial charge in [-0.05, 0) is 6.08 Å². The normalized spacial score (nSPS) is 10.3. The number of carboxylic acid groups (broad SMARTS) is 1. The highest BCUT2D eigenvalue weighted by Crippen LogP contribution is 2.29. The Kier molecular flexibility index (Phi) is 4.14. The SMILES string of the molecule is COc1c(C=O)cc([N+](=O)[O-])cc1/C=C/C(=O)O. The van der Waals surface area contributed by atoms with Gasteiger partial charge in [0.15, 0.2) is 6.29 Å². The lowest BCUT2D eigenvalue weighted by molar-refractivity contribution is -0.384. The molecular weight excluding hydrogens is 242 g/mol. The van der Waals surface area contributed by atoms with Crippen molar-refractivity contribution in [3.63, 3.8) is 0 Å². The molecule has 0 bridgehead atoms. The first-order valence-electron chi connectivity index (χ1n) is 4.72. The molecule has 0 heterocycles. The Hall–Kier alpha value is -2.70. The Balaban J connectivity index is 3.44. The highest BCUT2D eigenvalue weighted by atomic mass is 16.6. The summed E-state index contributed by atoms with van der Waals surface area (Å²) in [7, 11) is 1.28. The molecule has 94 valence electrons. The largest absolute Gasteiger partial charge is 0.495 e. The van der Waals surface area contributed by atoms with Gasteiger partial charge in [0.05, 0.1) is 17.6 Å². The van der Waals surface area contributed by atoms with Crippen molar-refractivity contribution >= 4 is 24.0 Å². The number of hydrogen-bond donors (Lipinski definition) is 1. The summed E-state index contributed by atoms with van der Waals surface area (Å²) in [6, 6.07) is 2.19. The first kappa shape index (κ1) is 13.4. The molecule has 0 aliphatic heterocycles. The molecule has 1 rings (SSSR count). The van der Waals surface area contributed by atoms with Crippen molar-refractivity contribution in [2.24, 2.45) is 0 Å². The van der Waals surface area contributed by atoms with Gasteiger partial charge >= 0.3 is 5.97 Å². The lowest BCUT2D eigenvalue weighted by Gasteiger charge is -2.07. The molecule has 0 aromatic heterocycles. The van der Waals surface area contributed by atoms with Gasteiger partial charge in [-0.15, -0.1) is 0 Å². The van der Waals surface area contributed by atoms with E-state index in [1.165, 1.54) is 7.11 Å². The van der Waals surface area contributed by atoms with E-state index in [4.69, 9.17) is 9.84 Å². The van der Waals surface area contributed by atoms with Crippen LogP contribution < -0.4 is 4.74 Å². The van der Waals surface area contributed by atoms with E-state index < -0.39 is 10.9 Å². The van der Waals surface area contributed by atoms with E-state index in [-0.39, 0.29) is 22.6 Å². The zero-order valence-electron chi connectivity index (χ0n) is 9.32. The Morgan fingerprint density at radius 2 is 2.06 bits per heavy atom. The monoisotopic (exact) mass is 251 g/mol. The van der Waals surface area contributed by atoms with Crippen molar-refractivity contribution in [3.05, 3.63) is 39.4 Å². The van der Waals surface area contributed by atoms with Gasteiger partial charge in [-0.1, -0.05) is 0 Å². The molecule has 0 amide bonds. The van der Waals surface area contributed by atoms with Gasteiger partial charge in [0, 0.05) is 23.8 Å². The number of nitro benzene ring substituents is 1. The fraction of sp³-hybridized carbons (Fsp3) is 0.0909. The Bertz CT molecular complexity index is 535. The maximum absolute atomic E-state index is 10.8. The second-order valence-corrected chi connectivity index (χ2v) is 3.20. The number of ether oxygens (including phenoxy) is 1. The van der Waals surface area contributed by atoms with E-state index in [9.17, 15) is 19.7 Å². The maximum atomic E-state index is 10.8. The van der Waals surface area contributed by atoms with Crippen LogP contribution in [0, 0.1) is 10.1 Å². The van der Waals surface area contributed by atoms with Crippen molar-refractivity contribution in [1.29, 1.82) is 0 Å². The second kappa shape index (κ2) is 5.58. The number of methoxy groups -OCH3 is 1. The highest BCUT2D eigenvalue weighted by Gasteiger charge is 2.15. The van der Waals surface area contributed by atoms with Gasteiger partial charge in [-0.25, -0.2) is 4.79 Å². The van der Waals surface area contributed by atoms with Crippen molar-refractivity contribution in [1.82, 2.24) is 0 Å². The average molecular weight is 251 g/mol. The van der Waals surface area contributed by atoms with Crippen LogP contribution in [0.1, 0.15) is 15.9 Å². The molecular formula is C11H9NO6. The predicted octanol–water partition coefficient (Wildman–Crippen LogP) is 1.51. The minimum atomic E-state index is -1.21. The van der Waals surface area contributed by atoms with Gasteiger partial charge < -0.3 is 9.84 Å². The Morgan fingerprint density at radius 1 is 1.44 bits per heavy atom. The fourth-order valence-electron chi connectivity index (χ4n) is 1.37. The van der Waals surface area contributed by atoms with Crippen molar-refractivity contribution in [2.75, 3.05) is 7.11 Å².